The molecule has 0 fully saturated rings. The standard InChI is InChI=1S/C20H22FN3O2/c21-16-10-7-14(8-11-16)15-9-12-17-18(13-15)23-19(22-17)5-3-1-2-4-6-20(25)24-26/h7-13,26H,1-6H2,(H,22,23)(H,24,25). The number of nitrogens with zero attached hydrogens (tertiary/aromatic N) is 1. The lowest BCUT2D eigenvalue weighted by Gasteiger charge is -2.01. The largest absolute Gasteiger partial charge is 0.342 e. The van der Waals surface area contributed by atoms with E-state index in [1.54, 1.807) is 17.6 Å². The first-order valence-electron chi connectivity index (χ1n) is 8.83. The monoisotopic (exact) mass is 355 g/mol. The number of carbonyl (C=O) groups excluding carboxylic acids is 1. The van der Waals surface area contributed by atoms with Crippen molar-refractivity contribution in [2.24, 2.45) is 0 Å². The Balaban J connectivity index is 1.56. The van der Waals surface area contributed by atoms with Gasteiger partial charge in [-0.1, -0.05) is 31.0 Å². The first-order chi connectivity index (χ1) is 12.7. The van der Waals surface area contributed by atoms with E-state index < -0.39 is 0 Å². The number of H-pyrrole nitrogens is 1. The van der Waals surface area contributed by atoms with Gasteiger partial charge < -0.3 is 4.98 Å². The Kier molecular flexibility index (Phi) is 5.96. The molecule has 0 aliphatic carbocycles. The van der Waals surface area contributed by atoms with Gasteiger partial charge in [0.05, 0.1) is 11.0 Å². The van der Waals surface area contributed by atoms with Crippen LogP contribution in [0.4, 0.5) is 4.39 Å². The lowest BCUT2D eigenvalue weighted by atomic mass is 10.1. The predicted octanol–water partition coefficient (Wildman–Crippen LogP) is 4.37. The maximum Gasteiger partial charge on any atom is 0.243 e. The van der Waals surface area contributed by atoms with Gasteiger partial charge in [-0.25, -0.2) is 14.9 Å². The molecule has 1 heterocycles. The quantitative estimate of drug-likeness (QED) is 0.319. The smallest absolute Gasteiger partial charge is 0.243 e. The third kappa shape index (κ3) is 4.67. The molecule has 5 nitrogen and oxygen atoms in total. The molecule has 0 aliphatic rings. The Hall–Kier alpha value is -2.73. The number of rotatable bonds is 8. The van der Waals surface area contributed by atoms with Gasteiger partial charge in [0, 0.05) is 12.8 Å². The van der Waals surface area contributed by atoms with Gasteiger partial charge in [-0.15, -0.1) is 0 Å². The maximum atomic E-state index is 13.1. The number of aromatic nitrogens is 2. The second-order valence-corrected chi connectivity index (χ2v) is 6.37. The van der Waals surface area contributed by atoms with E-state index >= 15 is 0 Å². The van der Waals surface area contributed by atoms with E-state index in [0.29, 0.717) is 6.42 Å². The number of hydrogen-bond acceptors (Lipinski definition) is 3. The van der Waals surface area contributed by atoms with Gasteiger partial charge in [0.2, 0.25) is 5.91 Å². The summed E-state index contributed by atoms with van der Waals surface area (Å²) in [7, 11) is 0. The Bertz CT molecular complexity index is 874. The van der Waals surface area contributed by atoms with Crippen LogP contribution in [0.5, 0.6) is 0 Å². The van der Waals surface area contributed by atoms with Crippen molar-refractivity contribution in [1.82, 2.24) is 15.4 Å². The van der Waals surface area contributed by atoms with Crippen LogP contribution in [0.15, 0.2) is 42.5 Å². The molecule has 3 rings (SSSR count). The predicted molar refractivity (Wildman–Crippen MR) is 98.2 cm³/mol. The Morgan fingerprint density at radius 3 is 2.54 bits per heavy atom. The van der Waals surface area contributed by atoms with Gasteiger partial charge in [0.15, 0.2) is 0 Å². The number of unbranched alkanes of at least 4 members (excludes halogenated alkanes) is 3. The molecule has 0 unspecified atom stereocenters. The number of benzene rings is 2. The molecule has 136 valence electrons. The van der Waals surface area contributed by atoms with Crippen LogP contribution in [0.1, 0.15) is 37.9 Å². The van der Waals surface area contributed by atoms with Gasteiger partial charge in [-0.3, -0.25) is 10.0 Å². The van der Waals surface area contributed by atoms with Crippen molar-refractivity contribution in [2.75, 3.05) is 0 Å². The van der Waals surface area contributed by atoms with Crippen LogP contribution in [0.25, 0.3) is 22.2 Å². The van der Waals surface area contributed by atoms with E-state index in [-0.39, 0.29) is 11.7 Å². The Morgan fingerprint density at radius 2 is 1.77 bits per heavy atom. The Morgan fingerprint density at radius 1 is 1.04 bits per heavy atom. The molecule has 0 aliphatic heterocycles. The molecule has 1 aromatic heterocycles. The molecule has 1 amide bonds. The first-order valence-corrected chi connectivity index (χ1v) is 8.83. The molecule has 26 heavy (non-hydrogen) atoms. The number of imidazole rings is 1. The molecule has 0 atom stereocenters. The molecule has 6 heteroatoms. The second-order valence-electron chi connectivity index (χ2n) is 6.37. The number of carbonyl (C=O) groups is 1. The van der Waals surface area contributed by atoms with Gasteiger partial charge in [0.25, 0.3) is 0 Å². The summed E-state index contributed by atoms with van der Waals surface area (Å²) in [6.07, 6.45) is 4.93. The van der Waals surface area contributed by atoms with Crippen LogP contribution in [0.3, 0.4) is 0 Å². The lowest BCUT2D eigenvalue weighted by Crippen LogP contribution is -2.17. The topological polar surface area (TPSA) is 78.0 Å². The summed E-state index contributed by atoms with van der Waals surface area (Å²) < 4.78 is 13.1. The van der Waals surface area contributed by atoms with E-state index in [9.17, 15) is 9.18 Å². The number of halogens is 1. The molecule has 3 aromatic rings. The fourth-order valence-electron chi connectivity index (χ4n) is 2.99. The van der Waals surface area contributed by atoms with Crippen molar-refractivity contribution in [1.29, 1.82) is 0 Å². The summed E-state index contributed by atoms with van der Waals surface area (Å²) in [5.41, 5.74) is 5.53. The van der Waals surface area contributed by atoms with E-state index in [1.165, 1.54) is 12.1 Å². The number of hydrogen-bond donors (Lipinski definition) is 3. The SMILES string of the molecule is O=C(CCCCCCc1nc2ccc(-c3ccc(F)cc3)cc2[nH]1)NO. The maximum absolute atomic E-state index is 13.1. The normalized spacial score (nSPS) is 11.0. The zero-order chi connectivity index (χ0) is 18.4. The summed E-state index contributed by atoms with van der Waals surface area (Å²) in [5, 5.41) is 8.43. The zero-order valence-corrected chi connectivity index (χ0v) is 14.5. The van der Waals surface area contributed by atoms with E-state index in [1.807, 2.05) is 18.2 Å². The van der Waals surface area contributed by atoms with E-state index in [2.05, 4.69) is 9.97 Å². The average molecular weight is 355 g/mol. The van der Waals surface area contributed by atoms with Crippen LogP contribution < -0.4 is 5.48 Å². The van der Waals surface area contributed by atoms with Gasteiger partial charge in [0.1, 0.15) is 11.6 Å². The molecule has 0 radical (unpaired) electrons. The highest BCUT2D eigenvalue weighted by atomic mass is 19.1. The summed E-state index contributed by atoms with van der Waals surface area (Å²) in [4.78, 5) is 18.9. The Labute approximate surface area is 151 Å². The summed E-state index contributed by atoms with van der Waals surface area (Å²) in [6, 6.07) is 12.5. The van der Waals surface area contributed by atoms with Gasteiger partial charge in [-0.05, 0) is 48.2 Å². The highest BCUT2D eigenvalue weighted by Gasteiger charge is 2.06. The zero-order valence-electron chi connectivity index (χ0n) is 14.5. The number of fused-ring (bicyclic) bond motifs is 1. The second kappa shape index (κ2) is 8.58. The molecule has 3 N–H and O–H groups in total. The summed E-state index contributed by atoms with van der Waals surface area (Å²) in [6.45, 7) is 0. The number of aromatic amines is 1. The van der Waals surface area contributed by atoms with Crippen LogP contribution in [-0.2, 0) is 11.2 Å². The van der Waals surface area contributed by atoms with E-state index in [4.69, 9.17) is 5.21 Å². The van der Waals surface area contributed by atoms with Crippen molar-refractivity contribution in [2.45, 2.75) is 38.5 Å². The molecule has 0 spiro atoms. The number of aryl methyl sites for hydroxylation is 1. The highest BCUT2D eigenvalue weighted by Crippen LogP contribution is 2.24. The van der Waals surface area contributed by atoms with Crippen molar-refractivity contribution in [3.63, 3.8) is 0 Å². The molecule has 2 aromatic carbocycles. The fraction of sp³-hybridized carbons (Fsp3) is 0.300. The average Bonchev–Trinajstić information content (AvgIpc) is 3.06. The van der Waals surface area contributed by atoms with Crippen LogP contribution in [-0.4, -0.2) is 21.1 Å². The molecule has 0 saturated heterocycles. The molecular weight excluding hydrogens is 333 g/mol. The van der Waals surface area contributed by atoms with Crippen molar-refractivity contribution in [3.8, 4) is 11.1 Å². The van der Waals surface area contributed by atoms with Gasteiger partial charge in [-0.2, -0.15) is 0 Å². The van der Waals surface area contributed by atoms with Crippen LogP contribution in [0, 0.1) is 5.82 Å². The third-order valence-corrected chi connectivity index (χ3v) is 4.40. The molecule has 0 bridgehead atoms. The van der Waals surface area contributed by atoms with Crippen molar-refractivity contribution in [3.05, 3.63) is 54.1 Å². The van der Waals surface area contributed by atoms with Crippen molar-refractivity contribution < 1.29 is 14.4 Å². The summed E-state index contributed by atoms with van der Waals surface area (Å²) in [5.74, 6) is 0.374. The minimum atomic E-state index is -0.334. The van der Waals surface area contributed by atoms with Gasteiger partial charge >= 0.3 is 0 Å². The summed E-state index contributed by atoms with van der Waals surface area (Å²) >= 11 is 0. The van der Waals surface area contributed by atoms with Crippen molar-refractivity contribution >= 4 is 16.9 Å². The minimum Gasteiger partial charge on any atom is -0.342 e. The number of amides is 1. The van der Waals surface area contributed by atoms with E-state index in [0.717, 1.165) is 60.1 Å². The number of hydroxylamine groups is 1. The first kappa shape index (κ1) is 18.1. The lowest BCUT2D eigenvalue weighted by molar-refractivity contribution is -0.129. The molecule has 0 saturated carbocycles. The molecular formula is C20H22FN3O2. The van der Waals surface area contributed by atoms with Crippen LogP contribution >= 0.6 is 0 Å². The van der Waals surface area contributed by atoms with Crippen LogP contribution in [0.2, 0.25) is 0 Å². The fourth-order valence-corrected chi connectivity index (χ4v) is 2.99. The highest BCUT2D eigenvalue weighted by molar-refractivity contribution is 5.82. The number of nitrogens with one attached hydrogen (secondary N) is 2. The minimum absolute atomic E-state index is 0.240. The third-order valence-electron chi connectivity index (χ3n) is 4.40.